The van der Waals surface area contributed by atoms with Gasteiger partial charge in [-0.05, 0) is 44.0 Å². The maximum Gasteiger partial charge on any atom is 0.239 e. The zero-order valence-corrected chi connectivity index (χ0v) is 12.5. The largest absolute Gasteiger partial charge is 0.399 e. The van der Waals surface area contributed by atoms with Crippen molar-refractivity contribution in [1.29, 1.82) is 0 Å². The van der Waals surface area contributed by atoms with E-state index in [2.05, 4.69) is 11.8 Å². The van der Waals surface area contributed by atoms with Gasteiger partial charge in [0.05, 0.1) is 6.04 Å². The van der Waals surface area contributed by atoms with Crippen LogP contribution in [-0.2, 0) is 11.3 Å². The van der Waals surface area contributed by atoms with E-state index in [4.69, 9.17) is 5.73 Å². The van der Waals surface area contributed by atoms with Gasteiger partial charge in [0.2, 0.25) is 5.91 Å². The first kappa shape index (κ1) is 14.9. The van der Waals surface area contributed by atoms with Gasteiger partial charge in [-0.15, -0.1) is 0 Å². The summed E-state index contributed by atoms with van der Waals surface area (Å²) < 4.78 is 0. The normalized spacial score (nSPS) is 16.6. The van der Waals surface area contributed by atoms with Gasteiger partial charge in [0.15, 0.2) is 0 Å². The second-order valence-electron chi connectivity index (χ2n) is 5.51. The predicted octanol–water partition coefficient (Wildman–Crippen LogP) is 2.10. The Labute approximate surface area is 121 Å². The van der Waals surface area contributed by atoms with Gasteiger partial charge < -0.3 is 10.6 Å². The summed E-state index contributed by atoms with van der Waals surface area (Å²) in [6.45, 7) is 7.61. The molecule has 0 aromatic heterocycles. The zero-order chi connectivity index (χ0) is 14.5. The molecule has 0 radical (unpaired) electrons. The van der Waals surface area contributed by atoms with Crippen LogP contribution in [0.3, 0.4) is 0 Å². The van der Waals surface area contributed by atoms with E-state index in [0.717, 1.165) is 44.7 Å². The number of nitrogen functional groups attached to an aromatic ring is 1. The van der Waals surface area contributed by atoms with Gasteiger partial charge in [0, 0.05) is 25.3 Å². The molecule has 1 aliphatic rings. The topological polar surface area (TPSA) is 49.6 Å². The van der Waals surface area contributed by atoms with Crippen molar-refractivity contribution in [2.45, 2.75) is 39.3 Å². The molecule has 1 heterocycles. The minimum Gasteiger partial charge on any atom is -0.399 e. The summed E-state index contributed by atoms with van der Waals surface area (Å²) in [6, 6.07) is 7.83. The highest BCUT2D eigenvalue weighted by atomic mass is 16.2. The molecule has 0 spiro atoms. The van der Waals surface area contributed by atoms with Crippen molar-refractivity contribution in [2.75, 3.05) is 25.4 Å². The van der Waals surface area contributed by atoms with E-state index >= 15 is 0 Å². The molecule has 1 amide bonds. The molecule has 1 aliphatic heterocycles. The number of hydrogen-bond donors (Lipinski definition) is 1. The number of likely N-dealkylation sites (N-methyl/N-ethyl adjacent to an activating group) is 1. The number of nitrogens with two attached hydrogens (primary N) is 1. The Hall–Kier alpha value is -1.55. The van der Waals surface area contributed by atoms with Crippen molar-refractivity contribution in [2.24, 2.45) is 0 Å². The fourth-order valence-electron chi connectivity index (χ4n) is 2.74. The van der Waals surface area contributed by atoms with E-state index in [-0.39, 0.29) is 11.9 Å². The monoisotopic (exact) mass is 275 g/mol. The second kappa shape index (κ2) is 6.75. The lowest BCUT2D eigenvalue weighted by Crippen LogP contribution is -2.45. The van der Waals surface area contributed by atoms with Crippen molar-refractivity contribution in [3.8, 4) is 0 Å². The van der Waals surface area contributed by atoms with Crippen LogP contribution in [0, 0.1) is 0 Å². The van der Waals surface area contributed by atoms with Gasteiger partial charge in [0.1, 0.15) is 0 Å². The van der Waals surface area contributed by atoms with E-state index < -0.39 is 0 Å². The average Bonchev–Trinajstić information content (AvgIpc) is 2.99. The third kappa shape index (κ3) is 3.51. The summed E-state index contributed by atoms with van der Waals surface area (Å²) in [7, 11) is 0. The van der Waals surface area contributed by atoms with Crippen molar-refractivity contribution >= 4 is 11.6 Å². The van der Waals surface area contributed by atoms with E-state index in [0.29, 0.717) is 0 Å². The third-order valence-electron chi connectivity index (χ3n) is 4.09. The molecule has 4 nitrogen and oxygen atoms in total. The van der Waals surface area contributed by atoms with Crippen molar-refractivity contribution in [3.63, 3.8) is 0 Å². The van der Waals surface area contributed by atoms with Crippen LogP contribution in [-0.4, -0.2) is 41.4 Å². The molecular formula is C16H25N3O. The number of likely N-dealkylation sites (tertiary alicyclic amines) is 1. The lowest BCUT2D eigenvalue weighted by molar-refractivity contribution is -0.135. The number of rotatable bonds is 5. The van der Waals surface area contributed by atoms with E-state index in [1.54, 1.807) is 0 Å². The Bertz CT molecular complexity index is 438. The van der Waals surface area contributed by atoms with Crippen molar-refractivity contribution in [3.05, 3.63) is 29.8 Å². The lowest BCUT2D eigenvalue weighted by Gasteiger charge is -2.30. The minimum atomic E-state index is -0.0596. The summed E-state index contributed by atoms with van der Waals surface area (Å²) in [5, 5.41) is 0. The highest BCUT2D eigenvalue weighted by Gasteiger charge is 2.26. The summed E-state index contributed by atoms with van der Waals surface area (Å²) in [5.74, 6) is 0.264. The fourth-order valence-corrected chi connectivity index (χ4v) is 2.74. The first-order valence-electron chi connectivity index (χ1n) is 7.49. The van der Waals surface area contributed by atoms with Crippen LogP contribution >= 0.6 is 0 Å². The predicted molar refractivity (Wildman–Crippen MR) is 82.2 cm³/mol. The number of anilines is 1. The van der Waals surface area contributed by atoms with E-state index in [1.165, 1.54) is 5.56 Å². The molecule has 0 aliphatic carbocycles. The molecule has 4 heteroatoms. The molecule has 2 rings (SSSR count). The smallest absolute Gasteiger partial charge is 0.239 e. The molecule has 2 N–H and O–H groups in total. The number of amides is 1. The molecule has 20 heavy (non-hydrogen) atoms. The second-order valence-corrected chi connectivity index (χ2v) is 5.51. The van der Waals surface area contributed by atoms with Gasteiger partial charge in [0.25, 0.3) is 0 Å². The van der Waals surface area contributed by atoms with Gasteiger partial charge >= 0.3 is 0 Å². The van der Waals surface area contributed by atoms with Gasteiger partial charge in [-0.2, -0.15) is 0 Å². The first-order chi connectivity index (χ1) is 9.61. The number of hydrogen-bond acceptors (Lipinski definition) is 3. The summed E-state index contributed by atoms with van der Waals surface area (Å²) in [6.07, 6.45) is 2.28. The van der Waals surface area contributed by atoms with Crippen molar-refractivity contribution < 1.29 is 4.79 Å². The van der Waals surface area contributed by atoms with Crippen LogP contribution in [0.1, 0.15) is 32.3 Å². The Morgan fingerprint density at radius 1 is 1.30 bits per heavy atom. The Morgan fingerprint density at radius 2 is 1.90 bits per heavy atom. The Kier molecular flexibility index (Phi) is 5.01. The van der Waals surface area contributed by atoms with Crippen LogP contribution in [0.5, 0.6) is 0 Å². The quantitative estimate of drug-likeness (QED) is 0.837. The average molecular weight is 275 g/mol. The van der Waals surface area contributed by atoms with E-state index in [1.807, 2.05) is 36.1 Å². The molecule has 1 unspecified atom stereocenters. The molecule has 0 saturated carbocycles. The lowest BCUT2D eigenvalue weighted by atomic mass is 10.1. The summed E-state index contributed by atoms with van der Waals surface area (Å²) in [5.41, 5.74) is 7.68. The highest BCUT2D eigenvalue weighted by molar-refractivity contribution is 5.81. The van der Waals surface area contributed by atoms with Crippen LogP contribution < -0.4 is 5.73 Å². The summed E-state index contributed by atoms with van der Waals surface area (Å²) >= 11 is 0. The molecule has 1 fully saturated rings. The van der Waals surface area contributed by atoms with Gasteiger partial charge in [-0.3, -0.25) is 9.69 Å². The minimum absolute atomic E-state index is 0.0596. The number of carbonyl (C=O) groups excluding carboxylic acids is 1. The third-order valence-corrected chi connectivity index (χ3v) is 4.09. The van der Waals surface area contributed by atoms with Crippen molar-refractivity contribution in [1.82, 2.24) is 9.80 Å². The highest BCUT2D eigenvalue weighted by Crippen LogP contribution is 2.15. The molecule has 0 bridgehead atoms. The SMILES string of the molecule is CCN(Cc1ccc(N)cc1)C(C)C(=O)N1CCCC1. The molecule has 110 valence electrons. The summed E-state index contributed by atoms with van der Waals surface area (Å²) in [4.78, 5) is 16.7. The van der Waals surface area contributed by atoms with Gasteiger partial charge in [-0.25, -0.2) is 0 Å². The molecule has 1 atom stereocenters. The molecule has 1 aromatic rings. The zero-order valence-electron chi connectivity index (χ0n) is 12.5. The van der Waals surface area contributed by atoms with Crippen LogP contribution in [0.4, 0.5) is 5.69 Å². The molecular weight excluding hydrogens is 250 g/mol. The number of nitrogens with zero attached hydrogens (tertiary/aromatic N) is 2. The maximum atomic E-state index is 12.5. The number of benzene rings is 1. The Morgan fingerprint density at radius 3 is 2.45 bits per heavy atom. The van der Waals surface area contributed by atoms with Crippen LogP contribution in [0.2, 0.25) is 0 Å². The maximum absolute atomic E-state index is 12.5. The standard InChI is InChI=1S/C16H25N3O/c1-3-18(12-14-6-8-15(17)9-7-14)13(2)16(20)19-10-4-5-11-19/h6-9,13H,3-5,10-12,17H2,1-2H3. The van der Waals surface area contributed by atoms with Crippen LogP contribution in [0.25, 0.3) is 0 Å². The van der Waals surface area contributed by atoms with Crippen LogP contribution in [0.15, 0.2) is 24.3 Å². The number of carbonyl (C=O) groups is 1. The molecule has 1 saturated heterocycles. The Balaban J connectivity index is 1.99. The first-order valence-corrected chi connectivity index (χ1v) is 7.49. The van der Waals surface area contributed by atoms with E-state index in [9.17, 15) is 4.79 Å². The van der Waals surface area contributed by atoms with Gasteiger partial charge in [-0.1, -0.05) is 19.1 Å². The fraction of sp³-hybridized carbons (Fsp3) is 0.562. The molecule has 1 aromatic carbocycles.